The third-order valence-electron chi connectivity index (χ3n) is 4.20. The predicted octanol–water partition coefficient (Wildman–Crippen LogP) is 4.51. The van der Waals surface area contributed by atoms with Gasteiger partial charge in [0.1, 0.15) is 0 Å². The lowest BCUT2D eigenvalue weighted by molar-refractivity contribution is 0.102. The first kappa shape index (κ1) is 17.3. The number of nitrogens with one attached hydrogen (secondary N) is 1. The van der Waals surface area contributed by atoms with Crippen LogP contribution in [0.15, 0.2) is 73.2 Å². The summed E-state index contributed by atoms with van der Waals surface area (Å²) < 4.78 is 1.88. The first-order valence-corrected chi connectivity index (χ1v) is 9.92. The number of thioether (sulfide) groups is 1. The lowest BCUT2D eigenvalue weighted by atomic mass is 10.1. The summed E-state index contributed by atoms with van der Waals surface area (Å²) in [5, 5.41) is 2.93. The van der Waals surface area contributed by atoms with Crippen LogP contribution in [0.25, 0.3) is 17.0 Å². The van der Waals surface area contributed by atoms with Crippen LogP contribution in [-0.4, -0.2) is 26.5 Å². The molecule has 0 aliphatic rings. The predicted molar refractivity (Wildman–Crippen MR) is 110 cm³/mol. The first-order chi connectivity index (χ1) is 13.2. The average molecular weight is 374 g/mol. The molecule has 6 heteroatoms. The summed E-state index contributed by atoms with van der Waals surface area (Å²) in [6.07, 6.45) is 7.63. The smallest absolute Gasteiger partial charge is 0.255 e. The minimum absolute atomic E-state index is 0.115. The van der Waals surface area contributed by atoms with E-state index in [1.165, 1.54) is 5.56 Å². The Kier molecular flexibility index (Phi) is 4.89. The molecule has 1 N–H and O–H groups in total. The number of aromatic nitrogens is 3. The number of imidazole rings is 1. The molecule has 4 aromatic rings. The molecule has 4 rings (SSSR count). The highest BCUT2D eigenvalue weighted by Gasteiger charge is 2.08. The number of anilines is 1. The summed E-state index contributed by atoms with van der Waals surface area (Å²) >= 11 is 1.76. The van der Waals surface area contributed by atoms with Gasteiger partial charge in [-0.05, 0) is 42.2 Å². The molecule has 2 aromatic carbocycles. The van der Waals surface area contributed by atoms with Crippen LogP contribution in [0.4, 0.5) is 5.69 Å². The van der Waals surface area contributed by atoms with Crippen molar-refractivity contribution in [1.82, 2.24) is 14.4 Å². The Morgan fingerprint density at radius 2 is 1.89 bits per heavy atom. The Bertz CT molecular complexity index is 1040. The van der Waals surface area contributed by atoms with E-state index < -0.39 is 0 Å². The van der Waals surface area contributed by atoms with Crippen molar-refractivity contribution in [3.05, 3.63) is 84.3 Å². The summed E-state index contributed by atoms with van der Waals surface area (Å²) in [6.45, 7) is 0. The number of hydrogen-bond donors (Lipinski definition) is 1. The summed E-state index contributed by atoms with van der Waals surface area (Å²) in [5.41, 5.74) is 4.43. The number of fused-ring (bicyclic) bond motifs is 1. The number of carbonyl (C=O) groups is 1. The Morgan fingerprint density at radius 3 is 2.59 bits per heavy atom. The molecular weight excluding hydrogens is 356 g/mol. The fourth-order valence-corrected chi connectivity index (χ4v) is 3.34. The summed E-state index contributed by atoms with van der Waals surface area (Å²) in [4.78, 5) is 21.2. The maximum Gasteiger partial charge on any atom is 0.255 e. The van der Waals surface area contributed by atoms with Gasteiger partial charge in [-0.25, -0.2) is 9.97 Å². The van der Waals surface area contributed by atoms with Gasteiger partial charge in [-0.2, -0.15) is 11.8 Å². The number of carbonyl (C=O) groups excluding carboxylic acids is 1. The molecule has 0 aliphatic heterocycles. The molecule has 0 aliphatic carbocycles. The maximum atomic E-state index is 12.4. The molecule has 0 saturated heterocycles. The van der Waals surface area contributed by atoms with Gasteiger partial charge in [0, 0.05) is 41.2 Å². The molecule has 0 atom stereocenters. The van der Waals surface area contributed by atoms with E-state index in [1.54, 1.807) is 18.0 Å². The molecule has 0 fully saturated rings. The van der Waals surface area contributed by atoms with E-state index in [0.29, 0.717) is 11.3 Å². The highest BCUT2D eigenvalue weighted by Crippen LogP contribution is 2.21. The van der Waals surface area contributed by atoms with Gasteiger partial charge in [0.2, 0.25) is 5.78 Å². The third kappa shape index (κ3) is 3.85. The number of amides is 1. The molecule has 0 unspecified atom stereocenters. The van der Waals surface area contributed by atoms with Crippen LogP contribution in [0.2, 0.25) is 0 Å². The van der Waals surface area contributed by atoms with Gasteiger partial charge in [-0.3, -0.25) is 9.20 Å². The summed E-state index contributed by atoms with van der Waals surface area (Å²) in [7, 11) is 0. The van der Waals surface area contributed by atoms with Crippen LogP contribution in [0, 0.1) is 0 Å². The lowest BCUT2D eigenvalue weighted by Crippen LogP contribution is -2.11. The molecule has 2 heterocycles. The SMILES string of the molecule is CSCc1ccc(C(=O)Nc2ccc(-c3cn4cccnc4n3)cc2)cc1. The molecular formula is C21H18N4OS. The molecule has 1 amide bonds. The van der Waals surface area contributed by atoms with E-state index in [0.717, 1.165) is 22.7 Å². The minimum Gasteiger partial charge on any atom is -0.322 e. The van der Waals surface area contributed by atoms with Crippen molar-refractivity contribution in [1.29, 1.82) is 0 Å². The van der Waals surface area contributed by atoms with Crippen molar-refractivity contribution in [2.75, 3.05) is 11.6 Å². The Labute approximate surface area is 161 Å². The number of rotatable bonds is 5. The second-order valence-electron chi connectivity index (χ2n) is 6.11. The van der Waals surface area contributed by atoms with Gasteiger partial charge in [-0.15, -0.1) is 0 Å². The molecule has 0 saturated carbocycles. The van der Waals surface area contributed by atoms with E-state index in [2.05, 4.69) is 21.5 Å². The quantitative estimate of drug-likeness (QED) is 0.558. The molecule has 134 valence electrons. The van der Waals surface area contributed by atoms with Crippen LogP contribution < -0.4 is 5.32 Å². The number of hydrogen-bond acceptors (Lipinski definition) is 4. The maximum absolute atomic E-state index is 12.4. The zero-order valence-corrected chi connectivity index (χ0v) is 15.6. The molecule has 0 spiro atoms. The monoisotopic (exact) mass is 374 g/mol. The van der Waals surface area contributed by atoms with Gasteiger partial charge >= 0.3 is 0 Å². The second kappa shape index (κ2) is 7.63. The van der Waals surface area contributed by atoms with E-state index in [1.807, 2.05) is 71.4 Å². The molecule has 27 heavy (non-hydrogen) atoms. The van der Waals surface area contributed by atoms with Crippen LogP contribution in [-0.2, 0) is 5.75 Å². The fourth-order valence-electron chi connectivity index (χ4n) is 2.82. The van der Waals surface area contributed by atoms with Crippen LogP contribution in [0.5, 0.6) is 0 Å². The van der Waals surface area contributed by atoms with Gasteiger partial charge in [0.05, 0.1) is 5.69 Å². The largest absolute Gasteiger partial charge is 0.322 e. The van der Waals surface area contributed by atoms with Crippen LogP contribution in [0.1, 0.15) is 15.9 Å². The highest BCUT2D eigenvalue weighted by molar-refractivity contribution is 7.97. The van der Waals surface area contributed by atoms with E-state index in [4.69, 9.17) is 0 Å². The van der Waals surface area contributed by atoms with Gasteiger partial charge in [-0.1, -0.05) is 24.3 Å². The second-order valence-corrected chi connectivity index (χ2v) is 6.98. The fraction of sp³-hybridized carbons (Fsp3) is 0.0952. The van der Waals surface area contributed by atoms with Crippen molar-refractivity contribution in [2.45, 2.75) is 5.75 Å². The summed E-state index contributed by atoms with van der Waals surface area (Å²) in [6, 6.07) is 17.2. The van der Waals surface area contributed by atoms with Crippen molar-refractivity contribution in [3.63, 3.8) is 0 Å². The van der Waals surface area contributed by atoms with E-state index in [-0.39, 0.29) is 5.91 Å². The normalized spacial score (nSPS) is 10.9. The standard InChI is InChI=1S/C21H18N4OS/c1-27-14-15-3-5-17(6-4-15)20(26)23-18-9-7-16(8-10-18)19-13-25-12-2-11-22-21(25)24-19/h2-13H,14H2,1H3,(H,23,26). The first-order valence-electron chi connectivity index (χ1n) is 8.52. The van der Waals surface area contributed by atoms with Gasteiger partial charge in [0.25, 0.3) is 5.91 Å². The van der Waals surface area contributed by atoms with E-state index >= 15 is 0 Å². The number of nitrogens with zero attached hydrogens (tertiary/aromatic N) is 3. The van der Waals surface area contributed by atoms with E-state index in [9.17, 15) is 4.79 Å². The Balaban J connectivity index is 1.47. The zero-order chi connectivity index (χ0) is 18.6. The topological polar surface area (TPSA) is 59.3 Å². The zero-order valence-electron chi connectivity index (χ0n) is 14.8. The third-order valence-corrected chi connectivity index (χ3v) is 4.82. The van der Waals surface area contributed by atoms with Crippen LogP contribution in [0.3, 0.4) is 0 Å². The van der Waals surface area contributed by atoms with Crippen molar-refractivity contribution >= 4 is 29.1 Å². The minimum atomic E-state index is -0.115. The molecule has 2 aromatic heterocycles. The molecule has 0 bridgehead atoms. The molecule has 0 radical (unpaired) electrons. The highest BCUT2D eigenvalue weighted by atomic mass is 32.2. The van der Waals surface area contributed by atoms with Crippen molar-refractivity contribution in [3.8, 4) is 11.3 Å². The van der Waals surface area contributed by atoms with Gasteiger partial charge in [0.15, 0.2) is 0 Å². The van der Waals surface area contributed by atoms with Gasteiger partial charge < -0.3 is 5.32 Å². The van der Waals surface area contributed by atoms with Crippen LogP contribution >= 0.6 is 11.8 Å². The lowest BCUT2D eigenvalue weighted by Gasteiger charge is -2.07. The summed E-state index contributed by atoms with van der Waals surface area (Å²) in [5.74, 6) is 1.49. The average Bonchev–Trinajstić information content (AvgIpc) is 3.13. The Morgan fingerprint density at radius 1 is 1.11 bits per heavy atom. The van der Waals surface area contributed by atoms with Crippen molar-refractivity contribution < 1.29 is 4.79 Å². The molecule has 5 nitrogen and oxygen atoms in total. The van der Waals surface area contributed by atoms with Crippen molar-refractivity contribution in [2.24, 2.45) is 0 Å². The Hall–Kier alpha value is -3.12. The number of benzene rings is 2.